The molecule has 1 aromatic heterocycles. The molecule has 180 valence electrons. The number of halogens is 2. The van der Waals surface area contributed by atoms with Crippen LogP contribution in [0.2, 0.25) is 0 Å². The first-order chi connectivity index (χ1) is 15.5. The molecule has 0 fully saturated rings. The van der Waals surface area contributed by atoms with E-state index in [0.29, 0.717) is 23.8 Å². The maximum absolute atomic E-state index is 13.3. The number of amides is 1. The number of anilines is 1. The molecular formula is C24H31ClFN3O2S2. The van der Waals surface area contributed by atoms with Crippen molar-refractivity contribution in [2.75, 3.05) is 43.9 Å². The number of carbonyl (C=O) groups is 1. The third-order valence-corrected chi connectivity index (χ3v) is 7.60. The number of methoxy groups -OCH3 is 1. The summed E-state index contributed by atoms with van der Waals surface area (Å²) in [4.78, 5) is 23.1. The lowest BCUT2D eigenvalue weighted by Gasteiger charge is -2.24. The zero-order chi connectivity index (χ0) is 23.1. The van der Waals surface area contributed by atoms with Crippen molar-refractivity contribution in [1.29, 1.82) is 0 Å². The SMILES string of the molecule is CCN(CC)CCN(C(=O)CCSc1ccc(F)cc1)c1nc2c(OC)ccc(C)c2s1.Cl. The Morgan fingerprint density at radius 1 is 1.12 bits per heavy atom. The van der Waals surface area contributed by atoms with Crippen LogP contribution in [0.25, 0.3) is 10.2 Å². The highest BCUT2D eigenvalue weighted by Gasteiger charge is 2.22. The van der Waals surface area contributed by atoms with Crippen molar-refractivity contribution in [1.82, 2.24) is 9.88 Å². The number of thiazole rings is 1. The van der Waals surface area contributed by atoms with Gasteiger partial charge in [0, 0.05) is 30.2 Å². The molecule has 1 amide bonds. The van der Waals surface area contributed by atoms with Gasteiger partial charge in [0.2, 0.25) is 5.91 Å². The van der Waals surface area contributed by atoms with Gasteiger partial charge in [-0.25, -0.2) is 9.37 Å². The summed E-state index contributed by atoms with van der Waals surface area (Å²) in [5.41, 5.74) is 1.92. The van der Waals surface area contributed by atoms with Crippen LogP contribution in [0.1, 0.15) is 25.8 Å². The number of likely N-dealkylation sites (N-methyl/N-ethyl adjacent to an activating group) is 1. The number of thioether (sulfide) groups is 1. The van der Waals surface area contributed by atoms with Gasteiger partial charge in [-0.15, -0.1) is 24.2 Å². The van der Waals surface area contributed by atoms with E-state index in [1.165, 1.54) is 23.5 Å². The average molecular weight is 512 g/mol. The summed E-state index contributed by atoms with van der Waals surface area (Å²) in [6.45, 7) is 9.54. The molecule has 9 heteroatoms. The highest BCUT2D eigenvalue weighted by atomic mass is 35.5. The summed E-state index contributed by atoms with van der Waals surface area (Å²) >= 11 is 3.09. The van der Waals surface area contributed by atoms with Crippen molar-refractivity contribution in [3.05, 3.63) is 47.8 Å². The molecule has 0 bridgehead atoms. The second-order valence-corrected chi connectivity index (χ2v) is 9.53. The third kappa shape index (κ3) is 7.06. The Bertz CT molecular complexity index is 1040. The Kier molecular flexibility index (Phi) is 10.9. The molecule has 3 aromatic rings. The first-order valence-electron chi connectivity index (χ1n) is 10.8. The van der Waals surface area contributed by atoms with Crippen LogP contribution in [-0.4, -0.2) is 54.8 Å². The lowest BCUT2D eigenvalue weighted by Crippen LogP contribution is -2.39. The molecule has 0 aliphatic carbocycles. The van der Waals surface area contributed by atoms with Crippen molar-refractivity contribution >= 4 is 56.8 Å². The summed E-state index contributed by atoms with van der Waals surface area (Å²) in [6, 6.07) is 10.3. The maximum Gasteiger partial charge on any atom is 0.229 e. The number of hydrogen-bond donors (Lipinski definition) is 0. The van der Waals surface area contributed by atoms with Crippen LogP contribution in [0.15, 0.2) is 41.3 Å². The van der Waals surface area contributed by atoms with Crippen LogP contribution >= 0.6 is 35.5 Å². The Balaban J connectivity index is 0.00000385. The molecule has 0 saturated carbocycles. The summed E-state index contributed by atoms with van der Waals surface area (Å²) < 4.78 is 19.7. The first kappa shape index (κ1) is 27.4. The van der Waals surface area contributed by atoms with Gasteiger partial charge in [0.25, 0.3) is 0 Å². The fourth-order valence-electron chi connectivity index (χ4n) is 3.41. The van der Waals surface area contributed by atoms with Crippen molar-refractivity contribution in [2.24, 2.45) is 0 Å². The van der Waals surface area contributed by atoms with E-state index in [4.69, 9.17) is 9.72 Å². The van der Waals surface area contributed by atoms with Gasteiger partial charge in [-0.1, -0.05) is 31.3 Å². The quantitative estimate of drug-likeness (QED) is 0.294. The molecule has 0 radical (unpaired) electrons. The molecular weight excluding hydrogens is 481 g/mol. The largest absolute Gasteiger partial charge is 0.494 e. The summed E-state index contributed by atoms with van der Waals surface area (Å²) in [6.07, 6.45) is 0.381. The van der Waals surface area contributed by atoms with Gasteiger partial charge in [-0.05, 0) is 55.9 Å². The summed E-state index contributed by atoms with van der Waals surface area (Å²) in [5, 5.41) is 0.705. The molecule has 0 aliphatic heterocycles. The van der Waals surface area contributed by atoms with E-state index >= 15 is 0 Å². The van der Waals surface area contributed by atoms with Gasteiger partial charge in [0.15, 0.2) is 5.13 Å². The minimum Gasteiger partial charge on any atom is -0.494 e. The van der Waals surface area contributed by atoms with E-state index in [-0.39, 0.29) is 24.1 Å². The molecule has 0 unspecified atom stereocenters. The Hall–Kier alpha value is -1.87. The van der Waals surface area contributed by atoms with Crippen LogP contribution in [-0.2, 0) is 4.79 Å². The lowest BCUT2D eigenvalue weighted by molar-refractivity contribution is -0.118. The molecule has 3 rings (SSSR count). The Morgan fingerprint density at radius 3 is 2.45 bits per heavy atom. The standard InChI is InChI=1S/C24H30FN3O2S2.ClH/c1-5-27(6-2)14-15-28(21(29)13-16-31-19-10-8-18(25)9-11-19)24-26-22-20(30-4)12-7-17(3)23(22)32-24;/h7-12H,5-6,13-16H2,1-4H3;1H. The van der Waals surface area contributed by atoms with Gasteiger partial charge < -0.3 is 9.64 Å². The molecule has 33 heavy (non-hydrogen) atoms. The second-order valence-electron chi connectivity index (χ2n) is 7.38. The predicted octanol–water partition coefficient (Wildman–Crippen LogP) is 6.03. The second kappa shape index (κ2) is 13.1. The van der Waals surface area contributed by atoms with Crippen molar-refractivity contribution < 1.29 is 13.9 Å². The number of fused-ring (bicyclic) bond motifs is 1. The number of nitrogens with zero attached hydrogens (tertiary/aromatic N) is 3. The van der Waals surface area contributed by atoms with E-state index in [9.17, 15) is 9.18 Å². The van der Waals surface area contributed by atoms with Gasteiger partial charge >= 0.3 is 0 Å². The molecule has 0 N–H and O–H groups in total. The molecule has 0 spiro atoms. The maximum atomic E-state index is 13.3. The minimum atomic E-state index is -0.255. The zero-order valence-electron chi connectivity index (χ0n) is 19.5. The highest BCUT2D eigenvalue weighted by Crippen LogP contribution is 2.36. The van der Waals surface area contributed by atoms with Crippen LogP contribution in [0, 0.1) is 12.7 Å². The number of hydrogen-bond acceptors (Lipinski definition) is 6. The zero-order valence-corrected chi connectivity index (χ0v) is 21.9. The number of ether oxygens (including phenoxy) is 1. The van der Waals surface area contributed by atoms with E-state index in [0.717, 1.165) is 46.1 Å². The summed E-state index contributed by atoms with van der Waals surface area (Å²) in [7, 11) is 1.64. The molecule has 0 atom stereocenters. The molecule has 2 aromatic carbocycles. The fraction of sp³-hybridized carbons (Fsp3) is 0.417. The van der Waals surface area contributed by atoms with Crippen LogP contribution in [0.4, 0.5) is 9.52 Å². The molecule has 5 nitrogen and oxygen atoms in total. The van der Waals surface area contributed by atoms with E-state index in [1.807, 2.05) is 24.0 Å². The van der Waals surface area contributed by atoms with Crippen molar-refractivity contribution in [3.63, 3.8) is 0 Å². The third-order valence-electron chi connectivity index (χ3n) is 5.38. The first-order valence-corrected chi connectivity index (χ1v) is 12.6. The highest BCUT2D eigenvalue weighted by molar-refractivity contribution is 7.99. The van der Waals surface area contributed by atoms with Crippen LogP contribution in [0.5, 0.6) is 5.75 Å². The van der Waals surface area contributed by atoms with E-state index in [2.05, 4.69) is 18.7 Å². The number of rotatable bonds is 11. The normalized spacial score (nSPS) is 11.0. The minimum absolute atomic E-state index is 0. The topological polar surface area (TPSA) is 45.7 Å². The number of carbonyl (C=O) groups excluding carboxylic acids is 1. The van der Waals surface area contributed by atoms with Crippen LogP contribution in [0.3, 0.4) is 0 Å². The van der Waals surface area contributed by atoms with Gasteiger partial charge in [-0.2, -0.15) is 0 Å². The Morgan fingerprint density at radius 2 is 1.82 bits per heavy atom. The predicted molar refractivity (Wildman–Crippen MR) is 140 cm³/mol. The van der Waals surface area contributed by atoms with Gasteiger partial charge in [-0.3, -0.25) is 9.69 Å². The van der Waals surface area contributed by atoms with Crippen molar-refractivity contribution in [3.8, 4) is 5.75 Å². The van der Waals surface area contributed by atoms with Gasteiger partial charge in [0.1, 0.15) is 17.1 Å². The number of aryl methyl sites for hydroxylation is 1. The monoisotopic (exact) mass is 511 g/mol. The van der Waals surface area contributed by atoms with Crippen molar-refractivity contribution in [2.45, 2.75) is 32.1 Å². The Labute approximate surface area is 209 Å². The molecule has 0 aliphatic rings. The number of aromatic nitrogens is 1. The lowest BCUT2D eigenvalue weighted by atomic mass is 10.2. The van der Waals surface area contributed by atoms with Crippen LogP contribution < -0.4 is 9.64 Å². The van der Waals surface area contributed by atoms with Gasteiger partial charge in [0.05, 0.1) is 11.8 Å². The molecule has 1 heterocycles. The summed E-state index contributed by atoms with van der Waals surface area (Å²) in [5.74, 6) is 1.13. The van der Waals surface area contributed by atoms with E-state index in [1.54, 1.807) is 31.0 Å². The van der Waals surface area contributed by atoms with E-state index < -0.39 is 0 Å². The number of benzene rings is 2. The molecule has 0 saturated heterocycles. The fourth-order valence-corrected chi connectivity index (χ4v) is 5.34. The smallest absolute Gasteiger partial charge is 0.229 e. The average Bonchev–Trinajstić information content (AvgIpc) is 3.24.